The minimum absolute atomic E-state index is 0.0814. The van der Waals surface area contributed by atoms with E-state index in [1.165, 1.54) is 24.8 Å². The number of ketones is 1. The van der Waals surface area contributed by atoms with Gasteiger partial charge in [-0.3, -0.25) is 4.79 Å². The topological polar surface area (TPSA) is 46.5 Å². The van der Waals surface area contributed by atoms with Crippen LogP contribution in [0, 0.1) is 50.7 Å². The Balaban J connectivity index is 1.52. The van der Waals surface area contributed by atoms with Crippen LogP contribution >= 0.6 is 0 Å². The Kier molecular flexibility index (Phi) is 5.64. The largest absolute Gasteiger partial charge is 0.393 e. The van der Waals surface area contributed by atoms with Crippen LogP contribution in [0.15, 0.2) is 11.6 Å². The van der Waals surface area contributed by atoms with Crippen LogP contribution in [-0.4, -0.2) is 30.2 Å². The van der Waals surface area contributed by atoms with E-state index in [0.29, 0.717) is 23.7 Å². The van der Waals surface area contributed by atoms with Crippen molar-refractivity contribution < 1.29 is 14.6 Å². The maximum Gasteiger partial charge on any atom is 0.146 e. The highest BCUT2D eigenvalue weighted by Gasteiger charge is 2.64. The van der Waals surface area contributed by atoms with Crippen LogP contribution in [0.25, 0.3) is 0 Å². The van der Waals surface area contributed by atoms with Gasteiger partial charge in [-0.15, -0.1) is 0 Å². The van der Waals surface area contributed by atoms with Crippen LogP contribution in [0.3, 0.4) is 0 Å². The van der Waals surface area contributed by atoms with Gasteiger partial charge >= 0.3 is 0 Å². The van der Waals surface area contributed by atoms with Crippen molar-refractivity contribution in [2.75, 3.05) is 7.11 Å². The molecule has 5 rings (SSSR count). The van der Waals surface area contributed by atoms with E-state index in [1.54, 1.807) is 0 Å². The fourth-order valence-electron chi connectivity index (χ4n) is 10.8. The Bertz CT molecular complexity index is 885. The standard InChI is InChI=1S/C31H50O3/c1-27(2)21-10-9-19-18-29(5)14-11-22-28(3,4)25(34-8)13-16-30(22,6)23(29)17-20(19)26(33)31(21,7)15-12-24(27)32/h9,20-25,32H,10-18H2,1-8H3/t20?,21-,22-,23-,24+,25-,29-,30-,31-/m0/s1. The lowest BCUT2D eigenvalue weighted by Gasteiger charge is -2.66. The second-order valence-electron chi connectivity index (χ2n) is 15.1. The SMILES string of the molecule is CO[C@H]1CC[C@@]2(C)[C@@H](CC[C@@]3(C)CC4=CC[C@H]5C(C)(C)[C@H](O)CC[C@]5(C)C(=O)C4C[C@@H]32)C1(C)C. The lowest BCUT2D eigenvalue weighted by Crippen LogP contribution is -2.61. The summed E-state index contributed by atoms with van der Waals surface area (Å²) in [6, 6.07) is 0. The first-order chi connectivity index (χ1) is 15.7. The number of rotatable bonds is 1. The number of hydrogen-bond donors (Lipinski definition) is 1. The van der Waals surface area contributed by atoms with E-state index in [1.807, 2.05) is 7.11 Å². The van der Waals surface area contributed by atoms with Crippen molar-refractivity contribution in [2.45, 2.75) is 118 Å². The predicted octanol–water partition coefficient (Wildman–Crippen LogP) is 6.97. The zero-order valence-electron chi connectivity index (χ0n) is 23.2. The van der Waals surface area contributed by atoms with Crippen LogP contribution in [0.5, 0.6) is 0 Å². The first-order valence-electron chi connectivity index (χ1n) is 14.2. The normalized spacial score (nSPS) is 51.8. The monoisotopic (exact) mass is 470 g/mol. The molecule has 3 nitrogen and oxygen atoms in total. The molecule has 4 saturated carbocycles. The van der Waals surface area contributed by atoms with Crippen molar-refractivity contribution >= 4 is 5.78 Å². The smallest absolute Gasteiger partial charge is 0.146 e. The lowest BCUT2D eigenvalue weighted by atomic mass is 9.39. The van der Waals surface area contributed by atoms with E-state index in [4.69, 9.17) is 4.74 Å². The van der Waals surface area contributed by atoms with E-state index < -0.39 is 0 Å². The minimum Gasteiger partial charge on any atom is -0.393 e. The third kappa shape index (κ3) is 3.17. The maximum absolute atomic E-state index is 14.5. The number of methoxy groups -OCH3 is 1. The Hall–Kier alpha value is -0.670. The molecule has 0 aromatic rings. The quantitative estimate of drug-likeness (QED) is 0.421. The number of aliphatic hydroxyl groups excluding tert-OH is 1. The first-order valence-corrected chi connectivity index (χ1v) is 14.2. The fourth-order valence-corrected chi connectivity index (χ4v) is 10.8. The number of ether oxygens (including phenoxy) is 1. The summed E-state index contributed by atoms with van der Waals surface area (Å²) >= 11 is 0. The number of aliphatic hydroxyl groups is 1. The number of fused-ring (bicyclic) bond motifs is 5. The van der Waals surface area contributed by atoms with Gasteiger partial charge < -0.3 is 9.84 Å². The van der Waals surface area contributed by atoms with Crippen LogP contribution in [-0.2, 0) is 9.53 Å². The van der Waals surface area contributed by atoms with Gasteiger partial charge in [0, 0.05) is 18.4 Å². The third-order valence-corrected chi connectivity index (χ3v) is 12.9. The Morgan fingerprint density at radius 3 is 2.26 bits per heavy atom. The molecule has 1 unspecified atom stereocenters. The number of carbonyl (C=O) groups excluding carboxylic acids is 1. The highest BCUT2D eigenvalue weighted by Crippen LogP contribution is 2.70. The van der Waals surface area contributed by atoms with Crippen LogP contribution < -0.4 is 0 Å². The van der Waals surface area contributed by atoms with Crippen molar-refractivity contribution in [1.82, 2.24) is 0 Å². The summed E-state index contributed by atoms with van der Waals surface area (Å²) in [5, 5.41) is 10.8. The molecule has 1 N–H and O–H groups in total. The maximum atomic E-state index is 14.5. The van der Waals surface area contributed by atoms with Crippen LogP contribution in [0.4, 0.5) is 0 Å². The van der Waals surface area contributed by atoms with Gasteiger partial charge in [-0.1, -0.05) is 60.1 Å². The lowest BCUT2D eigenvalue weighted by molar-refractivity contribution is -0.187. The zero-order chi connectivity index (χ0) is 24.9. The molecule has 0 aromatic carbocycles. The van der Waals surface area contributed by atoms with Gasteiger partial charge in [-0.25, -0.2) is 0 Å². The molecule has 5 aliphatic rings. The van der Waals surface area contributed by atoms with Crippen molar-refractivity contribution in [1.29, 1.82) is 0 Å². The Morgan fingerprint density at radius 2 is 1.59 bits per heavy atom. The highest BCUT2D eigenvalue weighted by molar-refractivity contribution is 5.90. The summed E-state index contributed by atoms with van der Waals surface area (Å²) in [4.78, 5) is 14.5. The van der Waals surface area contributed by atoms with Gasteiger partial charge in [0.1, 0.15) is 5.78 Å². The van der Waals surface area contributed by atoms with Crippen LogP contribution in [0.1, 0.15) is 106 Å². The number of Topliss-reactive ketones (excluding diaryl/α,β-unsaturated/α-hetero) is 1. The molecular formula is C31H50O3. The Labute approximate surface area is 208 Å². The van der Waals surface area contributed by atoms with Crippen molar-refractivity contribution in [3.05, 3.63) is 11.6 Å². The average Bonchev–Trinajstić information content (AvgIpc) is 2.85. The molecule has 0 heterocycles. The molecule has 0 aliphatic heterocycles. The molecule has 5 aliphatic carbocycles. The van der Waals surface area contributed by atoms with Crippen molar-refractivity contribution in [3.8, 4) is 0 Å². The van der Waals surface area contributed by atoms with E-state index in [9.17, 15) is 9.90 Å². The first kappa shape index (κ1) is 25.0. The molecule has 0 amide bonds. The molecule has 0 spiro atoms. The van der Waals surface area contributed by atoms with E-state index in [2.05, 4.69) is 54.5 Å². The van der Waals surface area contributed by atoms with Gasteiger partial charge in [0.05, 0.1) is 12.2 Å². The highest BCUT2D eigenvalue weighted by atomic mass is 16.5. The number of allylic oxidation sites excluding steroid dienone is 2. The number of hydrogen-bond acceptors (Lipinski definition) is 3. The summed E-state index contributed by atoms with van der Waals surface area (Å²) in [5.74, 6) is 2.04. The van der Waals surface area contributed by atoms with Gasteiger partial charge in [0.25, 0.3) is 0 Å². The molecule has 0 bridgehead atoms. The zero-order valence-corrected chi connectivity index (χ0v) is 23.2. The molecule has 4 fully saturated rings. The predicted molar refractivity (Wildman–Crippen MR) is 137 cm³/mol. The second-order valence-corrected chi connectivity index (χ2v) is 15.1. The van der Waals surface area contributed by atoms with E-state index in [-0.39, 0.29) is 45.0 Å². The molecule has 3 heteroatoms. The van der Waals surface area contributed by atoms with E-state index in [0.717, 1.165) is 38.5 Å². The Morgan fingerprint density at radius 1 is 0.882 bits per heavy atom. The molecule has 0 aromatic heterocycles. The van der Waals surface area contributed by atoms with Crippen molar-refractivity contribution in [3.63, 3.8) is 0 Å². The van der Waals surface area contributed by atoms with Gasteiger partial charge in [-0.2, -0.15) is 0 Å². The molecular weight excluding hydrogens is 420 g/mol. The molecule has 9 atom stereocenters. The third-order valence-electron chi connectivity index (χ3n) is 12.9. The second kappa shape index (κ2) is 7.67. The van der Waals surface area contributed by atoms with E-state index >= 15 is 0 Å². The van der Waals surface area contributed by atoms with Gasteiger partial charge in [0.2, 0.25) is 0 Å². The molecule has 34 heavy (non-hydrogen) atoms. The fraction of sp³-hybridized carbons (Fsp3) is 0.903. The average molecular weight is 471 g/mol. The molecule has 0 radical (unpaired) electrons. The summed E-state index contributed by atoms with van der Waals surface area (Å²) in [7, 11) is 1.89. The number of carbonyl (C=O) groups is 1. The van der Waals surface area contributed by atoms with Crippen LogP contribution in [0.2, 0.25) is 0 Å². The van der Waals surface area contributed by atoms with Gasteiger partial charge in [-0.05, 0) is 97.2 Å². The summed E-state index contributed by atoms with van der Waals surface area (Å²) in [5.41, 5.74) is 1.64. The summed E-state index contributed by atoms with van der Waals surface area (Å²) < 4.78 is 6.00. The molecule has 192 valence electrons. The van der Waals surface area contributed by atoms with Gasteiger partial charge in [0.15, 0.2) is 0 Å². The molecule has 0 saturated heterocycles. The minimum atomic E-state index is -0.318. The van der Waals surface area contributed by atoms with Crippen molar-refractivity contribution in [2.24, 2.45) is 50.7 Å². The summed E-state index contributed by atoms with van der Waals surface area (Å²) in [6.07, 6.45) is 12.1. The summed E-state index contributed by atoms with van der Waals surface area (Å²) in [6.45, 7) is 16.6.